The van der Waals surface area contributed by atoms with Gasteiger partial charge in [-0.15, -0.1) is 0 Å². The van der Waals surface area contributed by atoms with Gasteiger partial charge in [0.25, 0.3) is 0 Å². The van der Waals surface area contributed by atoms with E-state index in [4.69, 9.17) is 35.6 Å². The number of hydrogen-bond donors (Lipinski definition) is 2. The van der Waals surface area contributed by atoms with Gasteiger partial charge in [-0.05, 0) is 30.3 Å². The summed E-state index contributed by atoms with van der Waals surface area (Å²) < 4.78 is 29.0. The van der Waals surface area contributed by atoms with E-state index < -0.39 is 39.0 Å². The van der Waals surface area contributed by atoms with Crippen molar-refractivity contribution >= 4 is 31.7 Å². The summed E-state index contributed by atoms with van der Waals surface area (Å²) in [5.41, 5.74) is 0. The Morgan fingerprint density at radius 3 is 2.41 bits per heavy atom. The van der Waals surface area contributed by atoms with Gasteiger partial charge in [0.2, 0.25) is 5.91 Å². The second-order valence-corrected chi connectivity index (χ2v) is 14.5. The molecule has 0 bridgehead atoms. The molecule has 1 aromatic rings. The van der Waals surface area contributed by atoms with Crippen LogP contribution in [0.2, 0.25) is 18.1 Å². The Labute approximate surface area is 196 Å². The van der Waals surface area contributed by atoms with Crippen molar-refractivity contribution in [1.29, 1.82) is 0 Å². The molecule has 0 unspecified atom stereocenters. The van der Waals surface area contributed by atoms with Crippen LogP contribution in [0.25, 0.3) is 0 Å². The van der Waals surface area contributed by atoms with Crippen LogP contribution in [0.3, 0.4) is 0 Å². The number of aliphatic hydroxyl groups excluding tert-OH is 1. The average Bonchev–Trinajstić information content (AvgIpc) is 2.69. The van der Waals surface area contributed by atoms with Crippen LogP contribution < -0.4 is 10.1 Å². The van der Waals surface area contributed by atoms with Gasteiger partial charge in [-0.1, -0.05) is 39.0 Å². The molecule has 1 aliphatic heterocycles. The van der Waals surface area contributed by atoms with Crippen molar-refractivity contribution < 1.29 is 33.3 Å². The first-order chi connectivity index (χ1) is 14.9. The van der Waals surface area contributed by atoms with Gasteiger partial charge in [-0.3, -0.25) is 4.79 Å². The molecule has 0 spiro atoms. The lowest BCUT2D eigenvalue weighted by atomic mass is 9.96. The number of thiocarbonyl (C=S) groups is 1. The van der Waals surface area contributed by atoms with Crippen molar-refractivity contribution in [3.63, 3.8) is 0 Å². The summed E-state index contributed by atoms with van der Waals surface area (Å²) >= 11 is 5.25. The van der Waals surface area contributed by atoms with Crippen LogP contribution in [0.4, 0.5) is 0 Å². The summed E-state index contributed by atoms with van der Waals surface area (Å²) in [5.74, 6) is 0.170. The zero-order valence-electron chi connectivity index (χ0n) is 19.8. The van der Waals surface area contributed by atoms with Gasteiger partial charge in [0.1, 0.15) is 24.0 Å². The monoisotopic (exact) mass is 485 g/mol. The molecule has 1 saturated heterocycles. The van der Waals surface area contributed by atoms with Crippen molar-refractivity contribution in [1.82, 2.24) is 5.32 Å². The highest BCUT2D eigenvalue weighted by molar-refractivity contribution is 7.79. The van der Waals surface area contributed by atoms with E-state index in [0.717, 1.165) is 0 Å². The van der Waals surface area contributed by atoms with Gasteiger partial charge in [-0.2, -0.15) is 0 Å². The first-order valence-corrected chi connectivity index (χ1v) is 13.9. The molecule has 1 heterocycles. The van der Waals surface area contributed by atoms with Crippen LogP contribution in [-0.2, 0) is 23.4 Å². The maximum Gasteiger partial charge on any atom is 0.358 e. The standard InChI is InChI=1S/C22H35NO7SSi/c1-14(24)23-17-19(30-21(31)28-15-11-9-8-10-12-15)18(25)16(29-20(17)26-5)13-27-32(6,7)22(2,3)4/h8-12,16-20,25H,13H2,1-7H3,(H,23,24)/t16-,17-,18-,19-,20-/m1/s1. The Morgan fingerprint density at radius 1 is 1.25 bits per heavy atom. The summed E-state index contributed by atoms with van der Waals surface area (Å²) in [5, 5.41) is 13.6. The lowest BCUT2D eigenvalue weighted by molar-refractivity contribution is -0.260. The number of carbonyl (C=O) groups is 1. The van der Waals surface area contributed by atoms with Gasteiger partial charge in [-0.25, -0.2) is 0 Å². The number of rotatable bonds is 7. The fraction of sp³-hybridized carbons (Fsp3) is 0.636. The number of aliphatic hydroxyl groups is 1. The molecule has 180 valence electrons. The van der Waals surface area contributed by atoms with E-state index in [1.165, 1.54) is 14.0 Å². The molecular formula is C22H35NO7SSi. The van der Waals surface area contributed by atoms with Crippen LogP contribution in [-0.4, -0.2) is 68.9 Å². The summed E-state index contributed by atoms with van der Waals surface area (Å²) in [6, 6.07) is 8.10. The predicted molar refractivity (Wildman–Crippen MR) is 127 cm³/mol. The first-order valence-electron chi connectivity index (χ1n) is 10.6. The molecule has 1 aromatic carbocycles. The molecule has 0 aliphatic carbocycles. The number of hydrogen-bond acceptors (Lipinski definition) is 8. The quantitative estimate of drug-likeness (QED) is 0.450. The minimum Gasteiger partial charge on any atom is -0.448 e. The molecular weight excluding hydrogens is 450 g/mol. The van der Waals surface area contributed by atoms with Crippen molar-refractivity contribution in [2.45, 2.75) is 76.5 Å². The minimum absolute atomic E-state index is 0.00696. The van der Waals surface area contributed by atoms with Crippen LogP contribution in [0.1, 0.15) is 27.7 Å². The minimum atomic E-state index is -2.09. The smallest absolute Gasteiger partial charge is 0.358 e. The van der Waals surface area contributed by atoms with Crippen LogP contribution in [0.15, 0.2) is 30.3 Å². The maximum absolute atomic E-state index is 11.8. The molecule has 2 rings (SSSR count). The number of benzene rings is 1. The second-order valence-electron chi connectivity index (χ2n) is 9.31. The summed E-state index contributed by atoms with van der Waals surface area (Å²) in [6.45, 7) is 12.1. The SMILES string of the molecule is CO[C@@H]1O[C@H](CO[Si](C)(C)C(C)(C)C)[C@@H](O)[C@H](OC(=S)Oc2ccccc2)[C@H]1NC(C)=O. The number of ether oxygens (including phenoxy) is 4. The molecule has 1 fully saturated rings. The Morgan fingerprint density at radius 2 is 1.88 bits per heavy atom. The number of amides is 1. The van der Waals surface area contributed by atoms with E-state index in [2.05, 4.69) is 39.2 Å². The summed E-state index contributed by atoms with van der Waals surface area (Å²) in [7, 11) is -0.635. The van der Waals surface area contributed by atoms with Gasteiger partial charge >= 0.3 is 5.24 Å². The topological polar surface area (TPSA) is 95.5 Å². The fourth-order valence-electron chi connectivity index (χ4n) is 3.01. The molecule has 1 amide bonds. The van der Waals surface area contributed by atoms with E-state index in [-0.39, 0.29) is 22.8 Å². The van der Waals surface area contributed by atoms with Crippen LogP contribution >= 0.6 is 12.2 Å². The maximum atomic E-state index is 11.8. The van der Waals surface area contributed by atoms with Gasteiger partial charge < -0.3 is 33.8 Å². The molecule has 1 aliphatic rings. The van der Waals surface area contributed by atoms with Crippen LogP contribution in [0, 0.1) is 0 Å². The lowest BCUT2D eigenvalue weighted by Gasteiger charge is -2.45. The number of methoxy groups -OCH3 is 1. The van der Waals surface area contributed by atoms with Gasteiger partial charge in [0.15, 0.2) is 20.7 Å². The molecule has 8 nitrogen and oxygen atoms in total. The Kier molecular flexibility index (Phi) is 9.21. The normalized spacial score (nSPS) is 26.3. The third-order valence-electron chi connectivity index (χ3n) is 5.87. The van der Waals surface area contributed by atoms with E-state index in [9.17, 15) is 9.90 Å². The Balaban J connectivity index is 2.20. The Bertz CT molecular complexity index is 771. The van der Waals surface area contributed by atoms with E-state index in [1.54, 1.807) is 24.3 Å². The second kappa shape index (κ2) is 11.0. The van der Waals surface area contributed by atoms with Crippen LogP contribution in [0.5, 0.6) is 5.75 Å². The highest BCUT2D eigenvalue weighted by Crippen LogP contribution is 2.37. The number of para-hydroxylation sites is 1. The van der Waals surface area contributed by atoms with Crippen molar-refractivity contribution in [3.05, 3.63) is 30.3 Å². The third-order valence-corrected chi connectivity index (χ3v) is 10.5. The zero-order valence-corrected chi connectivity index (χ0v) is 21.6. The largest absolute Gasteiger partial charge is 0.448 e. The average molecular weight is 486 g/mol. The molecule has 0 radical (unpaired) electrons. The number of carbonyl (C=O) groups excluding carboxylic acids is 1. The first kappa shape index (κ1) is 26.7. The molecule has 10 heteroatoms. The molecule has 5 atom stereocenters. The molecule has 2 N–H and O–H groups in total. The van der Waals surface area contributed by atoms with E-state index >= 15 is 0 Å². The predicted octanol–water partition coefficient (Wildman–Crippen LogP) is 2.99. The van der Waals surface area contributed by atoms with Gasteiger partial charge in [0, 0.05) is 26.3 Å². The van der Waals surface area contributed by atoms with Crippen molar-refractivity contribution in [3.8, 4) is 5.75 Å². The molecule has 32 heavy (non-hydrogen) atoms. The lowest BCUT2D eigenvalue weighted by Crippen LogP contribution is -2.66. The molecule has 0 saturated carbocycles. The number of nitrogens with one attached hydrogen (secondary N) is 1. The third kappa shape index (κ3) is 6.97. The van der Waals surface area contributed by atoms with Crippen molar-refractivity contribution in [2.24, 2.45) is 0 Å². The van der Waals surface area contributed by atoms with Gasteiger partial charge in [0.05, 0.1) is 6.61 Å². The Hall–Kier alpha value is -1.56. The van der Waals surface area contributed by atoms with E-state index in [0.29, 0.717) is 5.75 Å². The summed E-state index contributed by atoms with van der Waals surface area (Å²) in [6.07, 6.45) is -3.74. The highest BCUT2D eigenvalue weighted by atomic mass is 32.1. The highest BCUT2D eigenvalue weighted by Gasteiger charge is 2.49. The molecule has 0 aromatic heterocycles. The van der Waals surface area contributed by atoms with Crippen molar-refractivity contribution in [2.75, 3.05) is 13.7 Å². The zero-order chi connectivity index (χ0) is 24.1. The van der Waals surface area contributed by atoms with E-state index in [1.807, 2.05) is 6.07 Å². The summed E-state index contributed by atoms with van der Waals surface area (Å²) in [4.78, 5) is 11.8. The fourth-order valence-corrected chi connectivity index (χ4v) is 4.23.